The molecule has 60 valence electrons. The van der Waals surface area contributed by atoms with Crippen LogP contribution >= 0.6 is 12.6 Å². The van der Waals surface area contributed by atoms with Crippen molar-refractivity contribution in [2.24, 2.45) is 0 Å². The molecule has 3 heteroatoms. The maximum absolute atomic E-state index is 7.19. The second-order valence-corrected chi connectivity index (χ2v) is 3.02. The Labute approximate surface area is 75.5 Å². The zero-order valence-electron chi connectivity index (χ0n) is 6.33. The second-order valence-electron chi connectivity index (χ2n) is 2.58. The Morgan fingerprint density at radius 2 is 2.08 bits per heavy atom. The van der Waals surface area contributed by atoms with Crippen molar-refractivity contribution in [2.45, 2.75) is 5.03 Å². The van der Waals surface area contributed by atoms with Gasteiger partial charge in [0.15, 0.2) is 0 Å². The minimum atomic E-state index is 0.756. The van der Waals surface area contributed by atoms with E-state index in [0.29, 0.717) is 0 Å². The van der Waals surface area contributed by atoms with Crippen LogP contribution in [-0.2, 0) is 0 Å². The number of rotatable bonds is 1. The molecule has 0 saturated carbocycles. The number of nitrogens with one attached hydrogen (secondary N) is 2. The van der Waals surface area contributed by atoms with Crippen molar-refractivity contribution in [2.75, 3.05) is 0 Å². The highest BCUT2D eigenvalue weighted by molar-refractivity contribution is 7.80. The number of hydrogen-bond donors (Lipinski definition) is 3. The van der Waals surface area contributed by atoms with Crippen LogP contribution in [0, 0.1) is 5.41 Å². The van der Waals surface area contributed by atoms with Crippen molar-refractivity contribution in [3.05, 3.63) is 29.8 Å². The SMILES string of the molecule is N=Cc1c(S)[nH]c2ccccc12. The van der Waals surface area contributed by atoms with Gasteiger partial charge in [-0.25, -0.2) is 0 Å². The third-order valence-electron chi connectivity index (χ3n) is 1.87. The average molecular weight is 176 g/mol. The van der Waals surface area contributed by atoms with E-state index in [1.54, 1.807) is 0 Å². The summed E-state index contributed by atoms with van der Waals surface area (Å²) < 4.78 is 0. The standard InChI is InChI=1S/C9H8N2S/c10-5-7-6-3-1-2-4-8(6)11-9(7)12/h1-5,10-12H. The van der Waals surface area contributed by atoms with Crippen LogP contribution in [0.15, 0.2) is 29.3 Å². The van der Waals surface area contributed by atoms with E-state index >= 15 is 0 Å². The smallest absolute Gasteiger partial charge is 0.0790 e. The van der Waals surface area contributed by atoms with Gasteiger partial charge in [0, 0.05) is 22.7 Å². The molecular weight excluding hydrogens is 168 g/mol. The highest BCUT2D eigenvalue weighted by atomic mass is 32.1. The fraction of sp³-hybridized carbons (Fsp3) is 0. The van der Waals surface area contributed by atoms with Crippen molar-refractivity contribution >= 4 is 29.7 Å². The van der Waals surface area contributed by atoms with Crippen molar-refractivity contribution in [1.29, 1.82) is 5.41 Å². The normalized spacial score (nSPS) is 10.4. The Kier molecular flexibility index (Phi) is 1.66. The molecule has 0 bridgehead atoms. The van der Waals surface area contributed by atoms with Crippen LogP contribution in [0.3, 0.4) is 0 Å². The van der Waals surface area contributed by atoms with E-state index in [-0.39, 0.29) is 0 Å². The lowest BCUT2D eigenvalue weighted by atomic mass is 10.2. The molecule has 0 fully saturated rings. The molecule has 0 aliphatic carbocycles. The van der Waals surface area contributed by atoms with Gasteiger partial charge >= 0.3 is 0 Å². The number of hydrogen-bond acceptors (Lipinski definition) is 2. The summed E-state index contributed by atoms with van der Waals surface area (Å²) in [6.07, 6.45) is 1.32. The monoisotopic (exact) mass is 176 g/mol. The van der Waals surface area contributed by atoms with E-state index in [2.05, 4.69) is 17.6 Å². The minimum Gasteiger partial charge on any atom is -0.349 e. The molecule has 0 unspecified atom stereocenters. The minimum absolute atomic E-state index is 0.756. The first-order valence-corrected chi connectivity index (χ1v) is 4.08. The molecule has 1 aromatic carbocycles. The topological polar surface area (TPSA) is 39.6 Å². The molecule has 0 atom stereocenters. The summed E-state index contributed by atoms with van der Waals surface area (Å²) in [7, 11) is 0. The predicted octanol–water partition coefficient (Wildman–Crippen LogP) is 2.45. The fourth-order valence-corrected chi connectivity index (χ4v) is 1.60. The molecule has 2 nitrogen and oxygen atoms in total. The van der Waals surface area contributed by atoms with Gasteiger partial charge in [0.05, 0.1) is 5.03 Å². The van der Waals surface area contributed by atoms with Crippen molar-refractivity contribution < 1.29 is 0 Å². The third-order valence-corrected chi connectivity index (χ3v) is 2.22. The Morgan fingerprint density at radius 1 is 1.33 bits per heavy atom. The van der Waals surface area contributed by atoms with E-state index in [0.717, 1.165) is 21.5 Å². The molecule has 2 rings (SSSR count). The average Bonchev–Trinajstić information content (AvgIpc) is 2.40. The van der Waals surface area contributed by atoms with Crippen LogP contribution in [0.25, 0.3) is 10.9 Å². The molecule has 0 spiro atoms. The van der Waals surface area contributed by atoms with Gasteiger partial charge in [-0.3, -0.25) is 0 Å². The van der Waals surface area contributed by atoms with Gasteiger partial charge in [0.2, 0.25) is 0 Å². The molecule has 0 amide bonds. The predicted molar refractivity (Wildman–Crippen MR) is 53.4 cm³/mol. The lowest BCUT2D eigenvalue weighted by Gasteiger charge is -1.88. The molecule has 2 N–H and O–H groups in total. The Morgan fingerprint density at radius 3 is 2.83 bits per heavy atom. The summed E-state index contributed by atoms with van der Waals surface area (Å²) in [6, 6.07) is 7.87. The number of aromatic nitrogens is 1. The summed E-state index contributed by atoms with van der Waals surface area (Å²) in [5.74, 6) is 0. The molecular formula is C9H8N2S. The molecule has 2 aromatic rings. The maximum atomic E-state index is 7.19. The summed E-state index contributed by atoms with van der Waals surface area (Å²) in [4.78, 5) is 3.09. The first kappa shape index (κ1) is 7.43. The first-order valence-electron chi connectivity index (χ1n) is 3.63. The number of H-pyrrole nitrogens is 1. The summed E-state index contributed by atoms with van der Waals surface area (Å²) in [6.45, 7) is 0. The highest BCUT2D eigenvalue weighted by Gasteiger charge is 2.04. The Bertz CT molecular complexity index is 431. The van der Waals surface area contributed by atoms with Gasteiger partial charge in [0.1, 0.15) is 0 Å². The number of aromatic amines is 1. The van der Waals surface area contributed by atoms with Crippen LogP contribution in [-0.4, -0.2) is 11.2 Å². The van der Waals surface area contributed by atoms with Crippen molar-refractivity contribution in [3.63, 3.8) is 0 Å². The van der Waals surface area contributed by atoms with Crippen LogP contribution in [0.2, 0.25) is 0 Å². The van der Waals surface area contributed by atoms with Gasteiger partial charge in [-0.05, 0) is 6.07 Å². The second kappa shape index (κ2) is 2.68. The molecule has 0 aliphatic rings. The zero-order valence-corrected chi connectivity index (χ0v) is 7.23. The number of benzene rings is 1. The van der Waals surface area contributed by atoms with Crippen LogP contribution in [0.1, 0.15) is 5.56 Å². The van der Waals surface area contributed by atoms with Crippen molar-refractivity contribution in [3.8, 4) is 0 Å². The Hall–Kier alpha value is -1.22. The van der Waals surface area contributed by atoms with Crippen LogP contribution in [0.5, 0.6) is 0 Å². The quantitative estimate of drug-likeness (QED) is 0.441. The number of para-hydroxylation sites is 1. The van der Waals surface area contributed by atoms with E-state index in [9.17, 15) is 0 Å². The van der Waals surface area contributed by atoms with E-state index in [4.69, 9.17) is 5.41 Å². The molecule has 0 saturated heterocycles. The lowest BCUT2D eigenvalue weighted by molar-refractivity contribution is 1.24. The first-order chi connectivity index (χ1) is 5.83. The van der Waals surface area contributed by atoms with E-state index in [1.807, 2.05) is 24.3 Å². The number of thiol groups is 1. The van der Waals surface area contributed by atoms with Gasteiger partial charge in [-0.1, -0.05) is 18.2 Å². The molecule has 0 aliphatic heterocycles. The van der Waals surface area contributed by atoms with Gasteiger partial charge in [-0.15, -0.1) is 12.6 Å². The third kappa shape index (κ3) is 0.940. The largest absolute Gasteiger partial charge is 0.349 e. The maximum Gasteiger partial charge on any atom is 0.0790 e. The number of fused-ring (bicyclic) bond motifs is 1. The van der Waals surface area contributed by atoms with Gasteiger partial charge < -0.3 is 10.4 Å². The van der Waals surface area contributed by atoms with Gasteiger partial charge in [0.25, 0.3) is 0 Å². The van der Waals surface area contributed by atoms with Gasteiger partial charge in [-0.2, -0.15) is 0 Å². The fourth-order valence-electron chi connectivity index (χ4n) is 1.30. The molecule has 0 radical (unpaired) electrons. The van der Waals surface area contributed by atoms with Crippen LogP contribution < -0.4 is 0 Å². The molecule has 1 heterocycles. The van der Waals surface area contributed by atoms with E-state index in [1.165, 1.54) is 6.21 Å². The van der Waals surface area contributed by atoms with E-state index < -0.39 is 0 Å². The summed E-state index contributed by atoms with van der Waals surface area (Å²) >= 11 is 4.23. The highest BCUT2D eigenvalue weighted by Crippen LogP contribution is 2.22. The Balaban J connectivity index is 2.90. The zero-order chi connectivity index (χ0) is 8.55. The summed E-state index contributed by atoms with van der Waals surface area (Å²) in [5, 5.41) is 9.00. The molecule has 1 aromatic heterocycles. The van der Waals surface area contributed by atoms with Crippen molar-refractivity contribution in [1.82, 2.24) is 4.98 Å². The molecule has 12 heavy (non-hydrogen) atoms. The lowest BCUT2D eigenvalue weighted by Crippen LogP contribution is -1.75. The van der Waals surface area contributed by atoms with Crippen LogP contribution in [0.4, 0.5) is 0 Å². The summed E-state index contributed by atoms with van der Waals surface area (Å²) in [5.41, 5.74) is 1.88.